The maximum atomic E-state index is 13.6. The van der Waals surface area contributed by atoms with Crippen LogP contribution in [0.2, 0.25) is 0 Å². The van der Waals surface area contributed by atoms with E-state index >= 15 is 0 Å². The molecule has 5 nitrogen and oxygen atoms in total. The van der Waals surface area contributed by atoms with Crippen LogP contribution in [-0.4, -0.2) is 29.9 Å². The Kier molecular flexibility index (Phi) is 5.16. The van der Waals surface area contributed by atoms with Crippen molar-refractivity contribution in [1.29, 1.82) is 0 Å². The molecule has 22 heavy (non-hydrogen) atoms. The Bertz CT molecular complexity index is 641. The first-order valence-corrected chi connectivity index (χ1v) is 7.03. The van der Waals surface area contributed by atoms with Crippen molar-refractivity contribution in [2.24, 2.45) is 5.73 Å². The van der Waals surface area contributed by atoms with Gasteiger partial charge in [0.05, 0.1) is 5.41 Å². The second kappa shape index (κ2) is 6.73. The molecule has 2 aromatic rings. The number of benzene rings is 1. The van der Waals surface area contributed by atoms with Crippen molar-refractivity contribution < 1.29 is 13.7 Å². The predicted molar refractivity (Wildman–Crippen MR) is 82.5 cm³/mol. The lowest BCUT2D eigenvalue weighted by Gasteiger charge is -2.32. The zero-order valence-corrected chi connectivity index (χ0v) is 13.2. The zero-order valence-electron chi connectivity index (χ0n) is 12.3. The molecule has 0 unspecified atom stereocenters. The summed E-state index contributed by atoms with van der Waals surface area (Å²) < 4.78 is 24.4. The Morgan fingerprint density at radius 2 is 2.05 bits per heavy atom. The van der Waals surface area contributed by atoms with E-state index in [1.54, 1.807) is 19.1 Å². The molecule has 0 amide bonds. The molecule has 1 aromatic heterocycles. The second-order valence-electron chi connectivity index (χ2n) is 5.48. The van der Waals surface area contributed by atoms with Gasteiger partial charge < -0.3 is 15.0 Å². The highest BCUT2D eigenvalue weighted by Gasteiger charge is 2.38. The summed E-state index contributed by atoms with van der Waals surface area (Å²) in [6.45, 7) is 3.41. The van der Waals surface area contributed by atoms with Crippen LogP contribution in [0, 0.1) is 12.7 Å². The number of ether oxygens (including phenoxy) is 1. The summed E-state index contributed by atoms with van der Waals surface area (Å²) in [5, 5.41) is 3.98. The van der Waals surface area contributed by atoms with Crippen LogP contribution in [0.15, 0.2) is 22.7 Å². The van der Waals surface area contributed by atoms with E-state index in [0.29, 0.717) is 42.6 Å². The van der Waals surface area contributed by atoms with Gasteiger partial charge in [-0.1, -0.05) is 17.3 Å². The Labute approximate surface area is 134 Å². The molecule has 2 heterocycles. The van der Waals surface area contributed by atoms with Crippen molar-refractivity contribution >= 4 is 12.4 Å². The maximum Gasteiger partial charge on any atom is 0.234 e. The van der Waals surface area contributed by atoms with Crippen molar-refractivity contribution in [2.75, 3.05) is 19.8 Å². The minimum absolute atomic E-state index is 0. The Hall–Kier alpha value is -1.50. The maximum absolute atomic E-state index is 13.6. The van der Waals surface area contributed by atoms with Gasteiger partial charge in [0.1, 0.15) is 5.82 Å². The number of rotatable bonds is 3. The number of hydrogen-bond acceptors (Lipinski definition) is 5. The zero-order chi connectivity index (χ0) is 14.9. The lowest BCUT2D eigenvalue weighted by molar-refractivity contribution is 0.0409. The van der Waals surface area contributed by atoms with E-state index in [4.69, 9.17) is 15.0 Å². The van der Waals surface area contributed by atoms with E-state index in [1.165, 1.54) is 6.07 Å². The highest BCUT2D eigenvalue weighted by Crippen LogP contribution is 2.33. The van der Waals surface area contributed by atoms with Gasteiger partial charge in [0, 0.05) is 25.3 Å². The first kappa shape index (κ1) is 16.9. The number of aromatic nitrogens is 2. The first-order chi connectivity index (χ1) is 10.1. The number of hydrogen-bond donors (Lipinski definition) is 1. The predicted octanol–water partition coefficient (Wildman–Crippen LogP) is 2.61. The molecular weight excluding hydrogens is 309 g/mol. The van der Waals surface area contributed by atoms with Gasteiger partial charge in [-0.3, -0.25) is 0 Å². The lowest BCUT2D eigenvalue weighted by atomic mass is 9.80. The Morgan fingerprint density at radius 1 is 1.32 bits per heavy atom. The summed E-state index contributed by atoms with van der Waals surface area (Å²) in [5.41, 5.74) is 6.78. The van der Waals surface area contributed by atoms with Crippen LogP contribution in [0.3, 0.4) is 0 Å². The van der Waals surface area contributed by atoms with Gasteiger partial charge in [0.25, 0.3) is 0 Å². The van der Waals surface area contributed by atoms with Gasteiger partial charge in [0.2, 0.25) is 11.7 Å². The van der Waals surface area contributed by atoms with Gasteiger partial charge in [-0.25, -0.2) is 4.39 Å². The highest BCUT2D eigenvalue weighted by molar-refractivity contribution is 5.85. The molecule has 0 bridgehead atoms. The molecule has 2 N–H and O–H groups in total. The summed E-state index contributed by atoms with van der Waals surface area (Å²) in [4.78, 5) is 4.44. The molecule has 0 atom stereocenters. The van der Waals surface area contributed by atoms with Crippen LogP contribution < -0.4 is 5.73 Å². The standard InChI is InChI=1S/C15H18FN3O2.ClH/c1-10-2-3-11(8-12(10)16)13-18-14(21-19-13)15(9-17)4-6-20-7-5-15;/h2-3,8H,4-7,9,17H2,1H3;1H. The van der Waals surface area contributed by atoms with Crippen molar-refractivity contribution in [2.45, 2.75) is 25.2 Å². The van der Waals surface area contributed by atoms with Gasteiger partial charge in [-0.05, 0) is 31.4 Å². The van der Waals surface area contributed by atoms with E-state index in [1.807, 2.05) is 0 Å². The second-order valence-corrected chi connectivity index (χ2v) is 5.48. The fourth-order valence-corrected chi connectivity index (χ4v) is 2.56. The number of halogens is 2. The van der Waals surface area contributed by atoms with Gasteiger partial charge in [0.15, 0.2) is 0 Å². The average molecular weight is 328 g/mol. The van der Waals surface area contributed by atoms with E-state index in [0.717, 1.165) is 12.8 Å². The molecule has 1 saturated heterocycles. The minimum Gasteiger partial charge on any atom is -0.381 e. The third-order valence-corrected chi connectivity index (χ3v) is 4.15. The van der Waals surface area contributed by atoms with Crippen molar-refractivity contribution in [3.63, 3.8) is 0 Å². The molecule has 0 radical (unpaired) electrons. The van der Waals surface area contributed by atoms with E-state index < -0.39 is 0 Å². The van der Waals surface area contributed by atoms with Crippen molar-refractivity contribution in [3.8, 4) is 11.4 Å². The summed E-state index contributed by atoms with van der Waals surface area (Å²) in [6.07, 6.45) is 1.51. The summed E-state index contributed by atoms with van der Waals surface area (Å²) in [5.74, 6) is 0.631. The average Bonchev–Trinajstić information content (AvgIpc) is 3.01. The van der Waals surface area contributed by atoms with Crippen molar-refractivity contribution in [1.82, 2.24) is 10.1 Å². The molecule has 120 valence electrons. The van der Waals surface area contributed by atoms with E-state index in [-0.39, 0.29) is 23.6 Å². The molecule has 0 aliphatic carbocycles. The summed E-state index contributed by atoms with van der Waals surface area (Å²) >= 11 is 0. The molecular formula is C15H19ClFN3O2. The molecule has 7 heteroatoms. The third-order valence-electron chi connectivity index (χ3n) is 4.15. The number of nitrogens with zero attached hydrogens (tertiary/aromatic N) is 2. The lowest BCUT2D eigenvalue weighted by Crippen LogP contribution is -2.40. The van der Waals surface area contributed by atoms with Gasteiger partial charge >= 0.3 is 0 Å². The molecule has 3 rings (SSSR count). The smallest absolute Gasteiger partial charge is 0.234 e. The van der Waals surface area contributed by atoms with Crippen LogP contribution in [0.25, 0.3) is 11.4 Å². The summed E-state index contributed by atoms with van der Waals surface area (Å²) in [6, 6.07) is 4.91. The van der Waals surface area contributed by atoms with E-state index in [9.17, 15) is 4.39 Å². The van der Waals surface area contributed by atoms with Crippen LogP contribution in [0.4, 0.5) is 4.39 Å². The molecule has 1 aromatic carbocycles. The fourth-order valence-electron chi connectivity index (χ4n) is 2.56. The van der Waals surface area contributed by atoms with Gasteiger partial charge in [-0.15, -0.1) is 12.4 Å². The Morgan fingerprint density at radius 3 is 2.68 bits per heavy atom. The Balaban J connectivity index is 0.00000176. The molecule has 0 spiro atoms. The van der Waals surface area contributed by atoms with Crippen LogP contribution in [0.1, 0.15) is 24.3 Å². The molecule has 1 aliphatic heterocycles. The fraction of sp³-hybridized carbons (Fsp3) is 0.467. The minimum atomic E-state index is -0.327. The van der Waals surface area contributed by atoms with E-state index in [2.05, 4.69) is 10.1 Å². The van der Waals surface area contributed by atoms with Gasteiger partial charge in [-0.2, -0.15) is 4.98 Å². The molecule has 1 fully saturated rings. The quantitative estimate of drug-likeness (QED) is 0.938. The third kappa shape index (κ3) is 2.99. The topological polar surface area (TPSA) is 74.2 Å². The highest BCUT2D eigenvalue weighted by atomic mass is 35.5. The van der Waals surface area contributed by atoms with Crippen LogP contribution >= 0.6 is 12.4 Å². The van der Waals surface area contributed by atoms with Crippen LogP contribution in [-0.2, 0) is 10.2 Å². The first-order valence-electron chi connectivity index (χ1n) is 7.03. The molecule has 1 aliphatic rings. The SMILES string of the molecule is Cc1ccc(-c2noc(C3(CN)CCOCC3)n2)cc1F.Cl. The largest absolute Gasteiger partial charge is 0.381 e. The summed E-state index contributed by atoms with van der Waals surface area (Å²) in [7, 11) is 0. The number of nitrogens with two attached hydrogens (primary N) is 1. The monoisotopic (exact) mass is 327 g/mol. The van der Waals surface area contributed by atoms with Crippen LogP contribution in [0.5, 0.6) is 0 Å². The van der Waals surface area contributed by atoms with Crippen molar-refractivity contribution in [3.05, 3.63) is 35.5 Å². The molecule has 0 saturated carbocycles. The number of aryl methyl sites for hydroxylation is 1. The normalized spacial score (nSPS) is 17.0.